The van der Waals surface area contributed by atoms with Gasteiger partial charge in [-0.1, -0.05) is 23.2 Å². The summed E-state index contributed by atoms with van der Waals surface area (Å²) in [4.78, 5) is 12.0. The van der Waals surface area contributed by atoms with E-state index in [0.717, 1.165) is 0 Å². The molecule has 1 heterocycles. The number of hydrogen-bond donors (Lipinski definition) is 1. The summed E-state index contributed by atoms with van der Waals surface area (Å²) < 4.78 is 28.2. The van der Waals surface area contributed by atoms with Crippen molar-refractivity contribution < 1.29 is 17.9 Å². The lowest BCUT2D eigenvalue weighted by Crippen LogP contribution is -2.43. The van der Waals surface area contributed by atoms with Gasteiger partial charge in [-0.3, -0.25) is 4.79 Å². The Balaban J connectivity index is 1.94. The molecule has 0 saturated carbocycles. The van der Waals surface area contributed by atoms with E-state index in [2.05, 4.69) is 5.32 Å². The summed E-state index contributed by atoms with van der Waals surface area (Å²) in [6.45, 7) is 1.57. The molecule has 21 heavy (non-hydrogen) atoms. The highest BCUT2D eigenvalue weighted by molar-refractivity contribution is 7.91. The summed E-state index contributed by atoms with van der Waals surface area (Å²) in [5.74, 6) is 0.0643. The van der Waals surface area contributed by atoms with Gasteiger partial charge in [-0.15, -0.1) is 0 Å². The van der Waals surface area contributed by atoms with Crippen LogP contribution in [-0.4, -0.2) is 38.0 Å². The van der Waals surface area contributed by atoms with Crippen molar-refractivity contribution in [2.24, 2.45) is 0 Å². The minimum atomic E-state index is -3.03. The smallest absolute Gasteiger partial charge is 0.261 e. The number of carbonyl (C=O) groups is 1. The second kappa shape index (κ2) is 6.42. The van der Waals surface area contributed by atoms with Gasteiger partial charge in [-0.2, -0.15) is 0 Å². The highest BCUT2D eigenvalue weighted by Gasteiger charge is 2.30. The van der Waals surface area contributed by atoms with E-state index in [0.29, 0.717) is 22.2 Å². The first-order valence-corrected chi connectivity index (χ1v) is 8.97. The van der Waals surface area contributed by atoms with Gasteiger partial charge in [0.25, 0.3) is 5.91 Å². The van der Waals surface area contributed by atoms with Gasteiger partial charge in [0.05, 0.1) is 16.5 Å². The van der Waals surface area contributed by atoms with E-state index in [1.165, 1.54) is 6.07 Å². The van der Waals surface area contributed by atoms with Crippen LogP contribution in [0.25, 0.3) is 0 Å². The molecule has 0 aliphatic carbocycles. The molecule has 1 aromatic rings. The average Bonchev–Trinajstić information content (AvgIpc) is 2.72. The molecule has 1 aliphatic heterocycles. The lowest BCUT2D eigenvalue weighted by molar-refractivity contribution is -0.127. The molecule has 8 heteroatoms. The quantitative estimate of drug-likeness (QED) is 0.900. The minimum Gasteiger partial charge on any atom is -0.479 e. The maximum absolute atomic E-state index is 12.0. The third kappa shape index (κ3) is 4.49. The van der Waals surface area contributed by atoms with E-state index in [1.54, 1.807) is 19.1 Å². The highest BCUT2D eigenvalue weighted by Crippen LogP contribution is 2.28. The second-order valence-corrected chi connectivity index (χ2v) is 8.02. The number of halogens is 2. The summed E-state index contributed by atoms with van der Waals surface area (Å²) >= 11 is 11.7. The Hall–Kier alpha value is -0.980. The van der Waals surface area contributed by atoms with Crippen LogP contribution in [0.4, 0.5) is 0 Å². The van der Waals surface area contributed by atoms with E-state index in [4.69, 9.17) is 27.9 Å². The zero-order valence-electron chi connectivity index (χ0n) is 11.3. The predicted octanol–water partition coefficient (Wildman–Crippen LogP) is 2.06. The fourth-order valence-electron chi connectivity index (χ4n) is 2.04. The van der Waals surface area contributed by atoms with Crippen molar-refractivity contribution in [3.05, 3.63) is 28.2 Å². The Morgan fingerprint density at radius 3 is 2.71 bits per heavy atom. The van der Waals surface area contributed by atoms with Crippen molar-refractivity contribution in [1.29, 1.82) is 0 Å². The van der Waals surface area contributed by atoms with Gasteiger partial charge in [0.15, 0.2) is 15.9 Å². The Bertz CT molecular complexity index is 648. The molecule has 0 spiro atoms. The first-order chi connectivity index (χ1) is 9.77. The molecule has 0 bridgehead atoms. The number of sulfone groups is 1. The van der Waals surface area contributed by atoms with Gasteiger partial charge >= 0.3 is 0 Å². The molecular formula is C13H15Cl2NO4S. The first kappa shape index (κ1) is 16.4. The number of amides is 1. The molecule has 116 valence electrons. The highest BCUT2D eigenvalue weighted by atomic mass is 35.5. The fourth-order valence-corrected chi connectivity index (χ4v) is 4.17. The molecule has 0 radical (unpaired) electrons. The monoisotopic (exact) mass is 351 g/mol. The van der Waals surface area contributed by atoms with Crippen molar-refractivity contribution in [2.45, 2.75) is 25.5 Å². The van der Waals surface area contributed by atoms with Gasteiger partial charge in [0.2, 0.25) is 0 Å². The number of hydrogen-bond acceptors (Lipinski definition) is 4. The molecule has 2 rings (SSSR count). The third-order valence-corrected chi connectivity index (χ3v) is 5.44. The van der Waals surface area contributed by atoms with Gasteiger partial charge in [0, 0.05) is 11.1 Å². The van der Waals surface area contributed by atoms with Gasteiger partial charge in [-0.05, 0) is 31.5 Å². The van der Waals surface area contributed by atoms with Crippen LogP contribution in [0, 0.1) is 0 Å². The van der Waals surface area contributed by atoms with Crippen molar-refractivity contribution in [3.8, 4) is 5.75 Å². The van der Waals surface area contributed by atoms with Crippen LogP contribution in [0.5, 0.6) is 5.75 Å². The summed E-state index contributed by atoms with van der Waals surface area (Å²) in [7, 11) is -3.03. The molecule has 0 aromatic heterocycles. The number of nitrogens with one attached hydrogen (secondary N) is 1. The fraction of sp³-hybridized carbons (Fsp3) is 0.462. The van der Waals surface area contributed by atoms with Crippen LogP contribution in [0.2, 0.25) is 10.0 Å². The van der Waals surface area contributed by atoms with Crippen molar-refractivity contribution in [2.75, 3.05) is 11.5 Å². The van der Waals surface area contributed by atoms with Gasteiger partial charge in [-0.25, -0.2) is 8.42 Å². The lowest BCUT2D eigenvalue weighted by atomic mass is 10.2. The zero-order valence-corrected chi connectivity index (χ0v) is 13.6. The van der Waals surface area contributed by atoms with Crippen LogP contribution in [0.15, 0.2) is 18.2 Å². The Morgan fingerprint density at radius 1 is 1.43 bits per heavy atom. The number of ether oxygens (including phenoxy) is 1. The topological polar surface area (TPSA) is 72.5 Å². The second-order valence-electron chi connectivity index (χ2n) is 4.94. The number of benzene rings is 1. The largest absolute Gasteiger partial charge is 0.479 e. The summed E-state index contributed by atoms with van der Waals surface area (Å²) in [5.41, 5.74) is 0. The molecule has 1 aromatic carbocycles. The average molecular weight is 352 g/mol. The molecular weight excluding hydrogens is 337 g/mol. The minimum absolute atomic E-state index is 0.0207. The standard InChI is InChI=1S/C13H15Cl2NO4S/c1-8(20-12-3-2-9(14)6-11(12)15)13(17)16-10-4-5-21(18,19)7-10/h2-3,6,8,10H,4-5,7H2,1H3,(H,16,17). The molecule has 1 aliphatic rings. The molecule has 1 saturated heterocycles. The van der Waals surface area contributed by atoms with E-state index in [9.17, 15) is 13.2 Å². The zero-order chi connectivity index (χ0) is 15.6. The van der Waals surface area contributed by atoms with Crippen LogP contribution >= 0.6 is 23.2 Å². The summed E-state index contributed by atoms with van der Waals surface area (Å²) in [6.07, 6.45) is -0.352. The Morgan fingerprint density at radius 2 is 2.14 bits per heavy atom. The Kier molecular flexibility index (Phi) is 5.01. The van der Waals surface area contributed by atoms with Gasteiger partial charge in [0.1, 0.15) is 5.75 Å². The molecule has 1 amide bonds. The number of carbonyl (C=O) groups excluding carboxylic acids is 1. The predicted molar refractivity (Wildman–Crippen MR) is 81.8 cm³/mol. The van der Waals surface area contributed by atoms with E-state index in [-0.39, 0.29) is 23.5 Å². The number of rotatable bonds is 4. The van der Waals surface area contributed by atoms with Crippen LogP contribution in [0.1, 0.15) is 13.3 Å². The van der Waals surface area contributed by atoms with Crippen LogP contribution in [-0.2, 0) is 14.6 Å². The van der Waals surface area contributed by atoms with E-state index in [1.807, 2.05) is 0 Å². The van der Waals surface area contributed by atoms with Crippen LogP contribution in [0.3, 0.4) is 0 Å². The molecule has 1 fully saturated rings. The summed E-state index contributed by atoms with van der Waals surface area (Å²) in [5, 5.41) is 3.46. The third-order valence-electron chi connectivity index (χ3n) is 3.15. The maximum Gasteiger partial charge on any atom is 0.261 e. The molecule has 2 unspecified atom stereocenters. The molecule has 5 nitrogen and oxygen atoms in total. The normalized spacial score (nSPS) is 21.8. The lowest BCUT2D eigenvalue weighted by Gasteiger charge is -2.18. The van der Waals surface area contributed by atoms with E-state index < -0.39 is 15.9 Å². The molecule has 1 N–H and O–H groups in total. The van der Waals surface area contributed by atoms with Crippen molar-refractivity contribution in [1.82, 2.24) is 5.32 Å². The SMILES string of the molecule is CC(Oc1ccc(Cl)cc1Cl)C(=O)NC1CCS(=O)(=O)C1. The van der Waals surface area contributed by atoms with E-state index >= 15 is 0 Å². The van der Waals surface area contributed by atoms with Crippen molar-refractivity contribution >= 4 is 38.9 Å². The van der Waals surface area contributed by atoms with Crippen LogP contribution < -0.4 is 10.1 Å². The Labute approximate surface area is 133 Å². The van der Waals surface area contributed by atoms with Crippen molar-refractivity contribution in [3.63, 3.8) is 0 Å². The van der Waals surface area contributed by atoms with Gasteiger partial charge < -0.3 is 10.1 Å². The molecule has 2 atom stereocenters. The first-order valence-electron chi connectivity index (χ1n) is 6.39. The summed E-state index contributed by atoms with van der Waals surface area (Å²) in [6, 6.07) is 4.35. The maximum atomic E-state index is 12.0.